The molecule has 2 bridgehead atoms. The Balaban J connectivity index is 0.731. The molecule has 3 aliphatic carbocycles. The molecule has 0 spiro atoms. The highest BCUT2D eigenvalue weighted by atomic mass is 19.1. The fraction of sp³-hybridized carbons (Fsp3) is 0.491. The number of primary amides is 1. The quantitative estimate of drug-likeness (QED) is 0.0943. The van der Waals surface area contributed by atoms with Crippen molar-refractivity contribution >= 4 is 40.5 Å². The van der Waals surface area contributed by atoms with Crippen LogP contribution in [0.2, 0.25) is 0 Å². The number of nitrogens with zero attached hydrogens (tertiary/aromatic N) is 5. The molecule has 2 saturated carbocycles. The molecule has 4 aliphatic heterocycles. The molecule has 1 aromatic heterocycles. The molecule has 5 amide bonds. The number of hydrogen-bond donors (Lipinski definition) is 4. The summed E-state index contributed by atoms with van der Waals surface area (Å²) in [6.45, 7) is 8.09. The van der Waals surface area contributed by atoms with Gasteiger partial charge in [-0.1, -0.05) is 30.5 Å². The van der Waals surface area contributed by atoms with Crippen molar-refractivity contribution in [3.05, 3.63) is 106 Å². The van der Waals surface area contributed by atoms with Gasteiger partial charge in [0.25, 0.3) is 0 Å². The number of imide groups is 1. The number of anilines is 1. The molecule has 17 heteroatoms. The number of rotatable bonds is 14. The van der Waals surface area contributed by atoms with Crippen LogP contribution in [0.4, 0.5) is 19.4 Å². The summed E-state index contributed by atoms with van der Waals surface area (Å²) >= 11 is 0. The number of fused-ring (bicyclic) bond motifs is 4. The Hall–Kier alpha value is -6.61. The Labute approximate surface area is 429 Å². The van der Waals surface area contributed by atoms with Crippen LogP contribution < -0.4 is 30.7 Å². The molecule has 3 aromatic carbocycles. The molecule has 2 unspecified atom stereocenters. The van der Waals surface area contributed by atoms with Crippen LogP contribution in [0.25, 0.3) is 22.0 Å². The van der Waals surface area contributed by atoms with Crippen molar-refractivity contribution in [2.45, 2.75) is 101 Å². The van der Waals surface area contributed by atoms with Gasteiger partial charge in [-0.3, -0.25) is 29.3 Å². The van der Waals surface area contributed by atoms with Gasteiger partial charge in [-0.25, -0.2) is 13.6 Å². The maximum Gasteiger partial charge on any atom is 0.329 e. The van der Waals surface area contributed by atoms with Crippen LogP contribution >= 0.6 is 0 Å². The summed E-state index contributed by atoms with van der Waals surface area (Å²) < 4.78 is 47.0. The summed E-state index contributed by atoms with van der Waals surface area (Å²) in [5.74, 6) is -1.45. The molecule has 5 N–H and O–H groups in total. The lowest BCUT2D eigenvalue weighted by atomic mass is 9.75. The monoisotopic (exact) mass is 1010 g/mol. The van der Waals surface area contributed by atoms with Gasteiger partial charge >= 0.3 is 6.03 Å². The number of carbonyl (C=O) groups excluding carboxylic acids is 4. The highest BCUT2D eigenvalue weighted by Crippen LogP contribution is 2.59. The molecule has 5 heterocycles. The number of aryl methyl sites for hydroxylation is 1. The number of carbonyl (C=O) groups is 4. The minimum absolute atomic E-state index is 0.117. The smallest absolute Gasteiger partial charge is 0.329 e. The van der Waals surface area contributed by atoms with Crippen molar-refractivity contribution < 1.29 is 42.5 Å². The molecule has 15 nitrogen and oxygen atoms in total. The second-order valence-electron chi connectivity index (χ2n) is 21.8. The minimum atomic E-state index is -1.16. The zero-order chi connectivity index (χ0) is 51.7. The topological polar surface area (TPSA) is 185 Å². The van der Waals surface area contributed by atoms with Crippen LogP contribution in [-0.4, -0.2) is 119 Å². The van der Waals surface area contributed by atoms with Crippen molar-refractivity contribution in [2.24, 2.45) is 24.1 Å². The Kier molecular flexibility index (Phi) is 12.9. The SMILES string of the molecule is Cc1c(F)cc2c(c1-c1c(C(N)=O)ccc(OCCO)c1F)C(C)C(CNC13CCC(C(=O)N4CCC(CN5CCC(c6ccc7c(N8CCC(=O)NC8=O)nn(C)c7c6)CC5)CC4)(CC1)C3)(C1=C=C=CC=C1)O2. The van der Waals surface area contributed by atoms with Gasteiger partial charge in [-0.2, -0.15) is 5.10 Å². The summed E-state index contributed by atoms with van der Waals surface area (Å²) in [5.41, 5.74) is 13.6. The van der Waals surface area contributed by atoms with Gasteiger partial charge in [0.2, 0.25) is 17.7 Å². The normalized spacial score (nSPS) is 26.0. The number of amides is 5. The van der Waals surface area contributed by atoms with Crippen LogP contribution in [0.3, 0.4) is 0 Å². The summed E-state index contributed by atoms with van der Waals surface area (Å²) in [7, 11) is 1.89. The number of aliphatic hydroxyl groups is 1. The number of ether oxygens (including phenoxy) is 2. The minimum Gasteiger partial charge on any atom is -0.488 e. The van der Waals surface area contributed by atoms with Crippen LogP contribution in [0.5, 0.6) is 11.5 Å². The average Bonchev–Trinajstić information content (AvgIpc) is 4.16. The third-order valence-corrected chi connectivity index (χ3v) is 17.7. The number of benzene rings is 3. The van der Waals surface area contributed by atoms with E-state index in [1.54, 1.807) is 17.9 Å². The van der Waals surface area contributed by atoms with E-state index in [9.17, 15) is 24.3 Å². The average molecular weight is 1010 g/mol. The molecule has 74 heavy (non-hydrogen) atoms. The van der Waals surface area contributed by atoms with E-state index < -0.39 is 40.5 Å². The van der Waals surface area contributed by atoms with Crippen molar-refractivity contribution in [2.75, 3.05) is 63.9 Å². The molecule has 5 fully saturated rings. The number of nitrogens with one attached hydrogen (secondary N) is 2. The van der Waals surface area contributed by atoms with E-state index in [0.717, 1.165) is 95.0 Å². The number of aliphatic hydroxyl groups excluding tert-OH is 1. The maximum absolute atomic E-state index is 16.6. The molecule has 4 aromatic rings. The number of piperidine rings is 2. The van der Waals surface area contributed by atoms with Gasteiger partial charge in [0.15, 0.2) is 23.0 Å². The van der Waals surface area contributed by atoms with E-state index in [2.05, 4.69) is 55.2 Å². The standard InChI is InChI=1S/C57H64F2N8O7/c1-34-42(58)30-45-48(47(34)49-41(51(60)70)11-12-44(50(49)59)73-28-27-68)35(2)57(74-45,39-7-5-4-6-8-39)33-61-56-20-18-55(32-56,19-21-56)53(71)66-24-13-36(14-25-66)31-65-22-15-37(16-23-65)38-9-10-40-43(29-38)64(3)63-52(40)67-26-17-46(69)62-54(67)72/h4-5,7,9-12,29-30,35-37,61,68H,13-28,31-33H2,1-3H3,(H2,60,70)(H,62,69,72). The first kappa shape index (κ1) is 49.6. The van der Waals surface area contributed by atoms with Crippen molar-refractivity contribution in [1.82, 2.24) is 30.2 Å². The Bertz CT molecular complexity index is 3110. The molecule has 3 saturated heterocycles. The predicted octanol–water partition coefficient (Wildman–Crippen LogP) is 7.20. The lowest BCUT2D eigenvalue weighted by molar-refractivity contribution is -0.143. The number of nitrogens with two attached hydrogens (primary N) is 1. The predicted molar refractivity (Wildman–Crippen MR) is 274 cm³/mol. The van der Waals surface area contributed by atoms with Crippen LogP contribution in [0.1, 0.15) is 110 Å². The van der Waals surface area contributed by atoms with Gasteiger partial charge < -0.3 is 35.4 Å². The molecular weight excluding hydrogens is 947 g/mol. The Morgan fingerprint density at radius 2 is 1.78 bits per heavy atom. The lowest BCUT2D eigenvalue weighted by Crippen LogP contribution is -2.54. The van der Waals surface area contributed by atoms with Gasteiger partial charge in [0.1, 0.15) is 18.2 Å². The fourth-order valence-electron chi connectivity index (χ4n) is 13.5. The molecular formula is C57H64F2N8O7. The summed E-state index contributed by atoms with van der Waals surface area (Å²) in [5, 5.41) is 21.3. The van der Waals surface area contributed by atoms with Crippen LogP contribution in [-0.2, 0) is 16.6 Å². The van der Waals surface area contributed by atoms with E-state index in [4.69, 9.17) is 15.2 Å². The fourth-order valence-corrected chi connectivity index (χ4v) is 13.5. The van der Waals surface area contributed by atoms with E-state index >= 15 is 8.78 Å². The number of hydrogen-bond acceptors (Lipinski definition) is 10. The number of halogens is 2. The zero-order valence-corrected chi connectivity index (χ0v) is 42.3. The van der Waals surface area contributed by atoms with E-state index in [1.165, 1.54) is 23.8 Å². The molecule has 2 atom stereocenters. The van der Waals surface area contributed by atoms with Crippen LogP contribution in [0, 0.1) is 29.9 Å². The summed E-state index contributed by atoms with van der Waals surface area (Å²) in [6.07, 6.45) is 13.7. The first-order chi connectivity index (χ1) is 35.6. The molecule has 388 valence electrons. The highest BCUT2D eigenvalue weighted by molar-refractivity contribution is 6.09. The Morgan fingerprint density at radius 1 is 1.01 bits per heavy atom. The lowest BCUT2D eigenvalue weighted by Gasteiger charge is -2.40. The van der Waals surface area contributed by atoms with Gasteiger partial charge in [-0.05, 0) is 143 Å². The third-order valence-electron chi connectivity index (χ3n) is 17.7. The number of urea groups is 1. The molecule has 7 aliphatic rings. The largest absolute Gasteiger partial charge is 0.488 e. The Morgan fingerprint density at radius 3 is 2.49 bits per heavy atom. The van der Waals surface area contributed by atoms with Gasteiger partial charge in [0, 0.05) is 85.8 Å². The maximum atomic E-state index is 16.6. The van der Waals surface area contributed by atoms with Crippen LogP contribution in [0.15, 0.2) is 71.7 Å². The number of likely N-dealkylation sites (tertiary alicyclic amines) is 2. The van der Waals surface area contributed by atoms with Crippen molar-refractivity contribution in [3.63, 3.8) is 0 Å². The second-order valence-corrected chi connectivity index (χ2v) is 21.8. The van der Waals surface area contributed by atoms with E-state index in [-0.39, 0.29) is 77.3 Å². The first-order valence-corrected chi connectivity index (χ1v) is 26.2. The van der Waals surface area contributed by atoms with Crippen molar-refractivity contribution in [1.29, 1.82) is 0 Å². The third kappa shape index (κ3) is 8.52. The molecule has 11 rings (SSSR count). The van der Waals surface area contributed by atoms with E-state index in [1.807, 2.05) is 30.8 Å². The van der Waals surface area contributed by atoms with Gasteiger partial charge in [0.05, 0.1) is 23.1 Å². The first-order valence-electron chi connectivity index (χ1n) is 26.2. The number of aromatic nitrogens is 2. The van der Waals surface area contributed by atoms with E-state index in [0.29, 0.717) is 41.8 Å². The summed E-state index contributed by atoms with van der Waals surface area (Å²) in [4.78, 5) is 58.2. The second kappa shape index (κ2) is 19.3. The van der Waals surface area contributed by atoms with Gasteiger partial charge in [-0.15, -0.1) is 0 Å². The highest BCUT2D eigenvalue weighted by Gasteiger charge is 2.60. The molecule has 0 radical (unpaired) electrons. The van der Waals surface area contributed by atoms with Crippen molar-refractivity contribution in [3.8, 4) is 22.6 Å². The summed E-state index contributed by atoms with van der Waals surface area (Å²) in [6, 6.07) is 9.95. The number of allylic oxidation sites excluding steroid dienone is 2. The zero-order valence-electron chi connectivity index (χ0n) is 42.3.